The first-order chi connectivity index (χ1) is 10.7. The number of hydrogen-bond acceptors (Lipinski definition) is 5. The summed E-state index contributed by atoms with van der Waals surface area (Å²) in [6.07, 6.45) is 4.38. The first kappa shape index (κ1) is 16.7. The highest BCUT2D eigenvalue weighted by molar-refractivity contribution is 5.67. The SMILES string of the molecule is Cn1cc(-c2cnc(CNC(=O)OC(C)(C)C)cn2)ccc1=O. The third kappa shape index (κ3) is 4.91. The van der Waals surface area contributed by atoms with Crippen molar-refractivity contribution in [2.24, 2.45) is 7.05 Å². The highest BCUT2D eigenvalue weighted by atomic mass is 16.6. The summed E-state index contributed by atoms with van der Waals surface area (Å²) in [7, 11) is 1.68. The molecule has 0 radical (unpaired) electrons. The van der Waals surface area contributed by atoms with Crippen molar-refractivity contribution in [2.75, 3.05) is 0 Å². The van der Waals surface area contributed by atoms with Crippen LogP contribution in [-0.4, -0.2) is 26.2 Å². The summed E-state index contributed by atoms with van der Waals surface area (Å²) in [6.45, 7) is 5.63. The number of hydrogen-bond donors (Lipinski definition) is 1. The van der Waals surface area contributed by atoms with Gasteiger partial charge in [-0.3, -0.25) is 14.8 Å². The van der Waals surface area contributed by atoms with Crippen molar-refractivity contribution in [3.8, 4) is 11.3 Å². The molecule has 7 nitrogen and oxygen atoms in total. The molecule has 0 atom stereocenters. The summed E-state index contributed by atoms with van der Waals surface area (Å²) in [5, 5.41) is 2.62. The largest absolute Gasteiger partial charge is 0.444 e. The van der Waals surface area contributed by atoms with Crippen molar-refractivity contribution < 1.29 is 9.53 Å². The van der Waals surface area contributed by atoms with Gasteiger partial charge < -0.3 is 14.6 Å². The molecule has 122 valence electrons. The molecule has 0 spiro atoms. The van der Waals surface area contributed by atoms with E-state index in [1.54, 1.807) is 52.5 Å². The van der Waals surface area contributed by atoms with Crippen LogP contribution in [0.15, 0.2) is 35.5 Å². The monoisotopic (exact) mass is 316 g/mol. The second-order valence-electron chi connectivity index (χ2n) is 6.12. The zero-order chi connectivity index (χ0) is 17.0. The lowest BCUT2D eigenvalue weighted by molar-refractivity contribution is 0.0523. The smallest absolute Gasteiger partial charge is 0.407 e. The third-order valence-electron chi connectivity index (χ3n) is 2.90. The van der Waals surface area contributed by atoms with Crippen molar-refractivity contribution in [3.63, 3.8) is 0 Å². The molecule has 0 fully saturated rings. The molecule has 2 rings (SSSR count). The van der Waals surface area contributed by atoms with Crippen LogP contribution in [0, 0.1) is 0 Å². The van der Waals surface area contributed by atoms with Crippen LogP contribution in [-0.2, 0) is 18.3 Å². The molecular weight excluding hydrogens is 296 g/mol. The predicted octanol–water partition coefficient (Wildman–Crippen LogP) is 1.87. The molecule has 1 amide bonds. The standard InChI is InChI=1S/C16H20N4O3/c1-16(2,3)23-15(22)19-8-12-7-18-13(9-17-12)11-5-6-14(21)20(4)10-11/h5-7,9-10H,8H2,1-4H3,(H,19,22). The van der Waals surface area contributed by atoms with E-state index in [-0.39, 0.29) is 12.1 Å². The van der Waals surface area contributed by atoms with E-state index >= 15 is 0 Å². The number of pyridine rings is 1. The molecular formula is C16H20N4O3. The number of carbonyl (C=O) groups excluding carboxylic acids is 1. The van der Waals surface area contributed by atoms with Crippen molar-refractivity contribution >= 4 is 6.09 Å². The fourth-order valence-electron chi connectivity index (χ4n) is 1.82. The molecule has 2 aromatic rings. The van der Waals surface area contributed by atoms with Gasteiger partial charge in [0.05, 0.1) is 30.3 Å². The van der Waals surface area contributed by atoms with E-state index in [2.05, 4.69) is 15.3 Å². The highest BCUT2D eigenvalue weighted by Gasteiger charge is 2.15. The molecule has 0 aromatic carbocycles. The Kier molecular flexibility index (Phi) is 4.78. The number of nitrogens with zero attached hydrogens (tertiary/aromatic N) is 3. The van der Waals surface area contributed by atoms with Gasteiger partial charge in [-0.1, -0.05) is 0 Å². The number of alkyl carbamates (subject to hydrolysis) is 1. The van der Waals surface area contributed by atoms with Crippen LogP contribution in [0.1, 0.15) is 26.5 Å². The molecule has 23 heavy (non-hydrogen) atoms. The van der Waals surface area contributed by atoms with E-state index in [1.807, 2.05) is 0 Å². The van der Waals surface area contributed by atoms with Crippen LogP contribution in [0.5, 0.6) is 0 Å². The minimum Gasteiger partial charge on any atom is -0.444 e. The van der Waals surface area contributed by atoms with E-state index < -0.39 is 11.7 Å². The maximum atomic E-state index is 11.6. The Morgan fingerprint density at radius 3 is 2.57 bits per heavy atom. The molecule has 1 N–H and O–H groups in total. The number of carbonyl (C=O) groups is 1. The second kappa shape index (κ2) is 6.60. The first-order valence-corrected chi connectivity index (χ1v) is 7.19. The minimum absolute atomic E-state index is 0.0834. The van der Waals surface area contributed by atoms with Gasteiger partial charge in [0.15, 0.2) is 0 Å². The van der Waals surface area contributed by atoms with Gasteiger partial charge in [0.1, 0.15) is 5.60 Å². The molecule has 0 aliphatic carbocycles. The van der Waals surface area contributed by atoms with Crippen molar-refractivity contribution in [1.29, 1.82) is 0 Å². The normalized spacial score (nSPS) is 11.1. The first-order valence-electron chi connectivity index (χ1n) is 7.19. The quantitative estimate of drug-likeness (QED) is 0.934. The predicted molar refractivity (Wildman–Crippen MR) is 85.8 cm³/mol. The fourth-order valence-corrected chi connectivity index (χ4v) is 1.82. The fraction of sp³-hybridized carbons (Fsp3) is 0.375. The van der Waals surface area contributed by atoms with Crippen molar-refractivity contribution in [2.45, 2.75) is 32.9 Å². The van der Waals surface area contributed by atoms with Gasteiger partial charge in [-0.15, -0.1) is 0 Å². The summed E-state index contributed by atoms with van der Waals surface area (Å²) in [6, 6.07) is 3.18. The summed E-state index contributed by atoms with van der Waals surface area (Å²) >= 11 is 0. The van der Waals surface area contributed by atoms with Gasteiger partial charge in [0.2, 0.25) is 5.56 Å². The van der Waals surface area contributed by atoms with E-state index in [4.69, 9.17) is 4.74 Å². The molecule has 7 heteroatoms. The summed E-state index contributed by atoms with van der Waals surface area (Å²) < 4.78 is 6.63. The number of ether oxygens (including phenoxy) is 1. The van der Waals surface area contributed by atoms with Crippen LogP contribution in [0.3, 0.4) is 0 Å². The third-order valence-corrected chi connectivity index (χ3v) is 2.90. The molecule has 0 aliphatic rings. The molecule has 2 heterocycles. The Hall–Kier alpha value is -2.70. The van der Waals surface area contributed by atoms with Crippen LogP contribution in [0.25, 0.3) is 11.3 Å². The Balaban J connectivity index is 2.01. The van der Waals surface area contributed by atoms with E-state index in [0.717, 1.165) is 5.56 Å². The van der Waals surface area contributed by atoms with E-state index in [1.165, 1.54) is 10.6 Å². The van der Waals surface area contributed by atoms with E-state index in [0.29, 0.717) is 11.4 Å². The summed E-state index contributed by atoms with van der Waals surface area (Å²) in [4.78, 5) is 31.5. The van der Waals surface area contributed by atoms with Gasteiger partial charge in [-0.2, -0.15) is 0 Å². The van der Waals surface area contributed by atoms with Crippen molar-refractivity contribution in [3.05, 3.63) is 46.8 Å². The number of nitrogens with one attached hydrogen (secondary N) is 1. The topological polar surface area (TPSA) is 86.1 Å². The zero-order valence-corrected chi connectivity index (χ0v) is 13.7. The number of aromatic nitrogens is 3. The number of rotatable bonds is 3. The molecule has 0 bridgehead atoms. The minimum atomic E-state index is -0.539. The molecule has 0 saturated heterocycles. The second-order valence-corrected chi connectivity index (χ2v) is 6.12. The van der Waals surface area contributed by atoms with Crippen LogP contribution >= 0.6 is 0 Å². The molecule has 2 aromatic heterocycles. The maximum absolute atomic E-state index is 11.6. The lowest BCUT2D eigenvalue weighted by Gasteiger charge is -2.19. The van der Waals surface area contributed by atoms with Gasteiger partial charge in [0, 0.05) is 24.9 Å². The van der Waals surface area contributed by atoms with Crippen LogP contribution in [0.4, 0.5) is 4.79 Å². The van der Waals surface area contributed by atoms with Gasteiger partial charge >= 0.3 is 6.09 Å². The van der Waals surface area contributed by atoms with Gasteiger partial charge in [0.25, 0.3) is 0 Å². The number of amides is 1. The van der Waals surface area contributed by atoms with Gasteiger partial charge in [-0.25, -0.2) is 4.79 Å². The van der Waals surface area contributed by atoms with Crippen molar-refractivity contribution in [1.82, 2.24) is 19.9 Å². The Labute approximate surface area is 134 Å². The lowest BCUT2D eigenvalue weighted by Crippen LogP contribution is -2.32. The average Bonchev–Trinajstić information content (AvgIpc) is 2.47. The average molecular weight is 316 g/mol. The highest BCUT2D eigenvalue weighted by Crippen LogP contribution is 2.13. The van der Waals surface area contributed by atoms with Crippen LogP contribution in [0.2, 0.25) is 0 Å². The van der Waals surface area contributed by atoms with Gasteiger partial charge in [-0.05, 0) is 26.8 Å². The Bertz CT molecular complexity index is 745. The van der Waals surface area contributed by atoms with E-state index in [9.17, 15) is 9.59 Å². The summed E-state index contributed by atoms with van der Waals surface area (Å²) in [5.41, 5.74) is 1.44. The molecule has 0 unspecified atom stereocenters. The summed E-state index contributed by atoms with van der Waals surface area (Å²) in [5.74, 6) is 0. The van der Waals surface area contributed by atoms with Crippen LogP contribution < -0.4 is 10.9 Å². The Morgan fingerprint density at radius 1 is 1.26 bits per heavy atom. The molecule has 0 aliphatic heterocycles. The maximum Gasteiger partial charge on any atom is 0.407 e. The number of aryl methyl sites for hydroxylation is 1. The lowest BCUT2D eigenvalue weighted by atomic mass is 10.2. The Morgan fingerprint density at radius 2 is 2.00 bits per heavy atom. The molecule has 0 saturated carbocycles. The zero-order valence-electron chi connectivity index (χ0n) is 13.7.